The van der Waals surface area contributed by atoms with E-state index in [2.05, 4.69) is 15.5 Å². The summed E-state index contributed by atoms with van der Waals surface area (Å²) in [5.74, 6) is 2.56. The molecule has 20 heavy (non-hydrogen) atoms. The fourth-order valence-electron chi connectivity index (χ4n) is 1.92. The number of methoxy groups -OCH3 is 2. The number of nitrogens with zero attached hydrogens (tertiary/aromatic N) is 2. The minimum absolute atomic E-state index is 0.0898. The number of rotatable bonds is 5. The predicted molar refractivity (Wildman–Crippen MR) is 75.4 cm³/mol. The molecule has 0 fully saturated rings. The van der Waals surface area contributed by atoms with E-state index in [0.29, 0.717) is 23.2 Å². The Morgan fingerprint density at radius 2 is 1.80 bits per heavy atom. The molecule has 0 aliphatic rings. The van der Waals surface area contributed by atoms with Gasteiger partial charge in [0.2, 0.25) is 5.89 Å². The number of anilines is 1. The Kier molecular flexibility index (Phi) is 4.12. The smallest absolute Gasteiger partial charge is 0.248 e. The maximum atomic E-state index is 5.31. The molecule has 0 amide bonds. The lowest BCUT2D eigenvalue weighted by molar-refractivity contribution is 0.354. The zero-order chi connectivity index (χ0) is 14.7. The molecular weight excluding hydrogens is 258 g/mol. The van der Waals surface area contributed by atoms with Crippen LogP contribution in [0.5, 0.6) is 11.5 Å². The van der Waals surface area contributed by atoms with Crippen molar-refractivity contribution in [2.24, 2.45) is 0 Å². The van der Waals surface area contributed by atoms with Crippen LogP contribution in [-0.2, 0) is 0 Å². The van der Waals surface area contributed by atoms with Crippen molar-refractivity contribution >= 4 is 5.69 Å². The van der Waals surface area contributed by atoms with Gasteiger partial charge in [-0.25, -0.2) is 0 Å². The van der Waals surface area contributed by atoms with Gasteiger partial charge in [-0.1, -0.05) is 5.16 Å². The van der Waals surface area contributed by atoms with Crippen LogP contribution in [0.15, 0.2) is 16.7 Å². The SMILES string of the molecule is COc1cc(C)c(NC(C)c2nc(C)no2)cc1OC. The summed E-state index contributed by atoms with van der Waals surface area (Å²) in [6.07, 6.45) is 0. The Bertz CT molecular complexity index is 595. The quantitative estimate of drug-likeness (QED) is 0.906. The van der Waals surface area contributed by atoms with E-state index < -0.39 is 0 Å². The number of hydrogen-bond donors (Lipinski definition) is 1. The molecule has 0 saturated carbocycles. The predicted octanol–water partition coefficient (Wildman–Crippen LogP) is 2.88. The lowest BCUT2D eigenvalue weighted by Crippen LogP contribution is -2.08. The van der Waals surface area contributed by atoms with E-state index in [4.69, 9.17) is 14.0 Å². The highest BCUT2D eigenvalue weighted by Gasteiger charge is 2.15. The fraction of sp³-hybridized carbons (Fsp3) is 0.429. The number of nitrogens with one attached hydrogen (secondary N) is 1. The van der Waals surface area contributed by atoms with Gasteiger partial charge in [0.15, 0.2) is 17.3 Å². The van der Waals surface area contributed by atoms with Gasteiger partial charge in [0.1, 0.15) is 6.04 Å². The zero-order valence-electron chi connectivity index (χ0n) is 12.4. The molecular formula is C14H19N3O3. The molecule has 1 N–H and O–H groups in total. The second-order valence-corrected chi connectivity index (χ2v) is 4.57. The third-order valence-electron chi connectivity index (χ3n) is 3.02. The monoisotopic (exact) mass is 277 g/mol. The molecule has 2 rings (SSSR count). The van der Waals surface area contributed by atoms with Crippen LogP contribution in [0.25, 0.3) is 0 Å². The van der Waals surface area contributed by atoms with Crippen LogP contribution in [-0.4, -0.2) is 24.4 Å². The average molecular weight is 277 g/mol. The number of benzene rings is 1. The van der Waals surface area contributed by atoms with Crippen LogP contribution in [0.4, 0.5) is 5.69 Å². The molecule has 1 heterocycles. The fourth-order valence-corrected chi connectivity index (χ4v) is 1.92. The first kappa shape index (κ1) is 14.2. The van der Waals surface area contributed by atoms with E-state index in [0.717, 1.165) is 11.3 Å². The van der Waals surface area contributed by atoms with Crippen LogP contribution in [0.1, 0.15) is 30.2 Å². The Labute approximate surface area is 118 Å². The molecule has 2 aromatic rings. The molecule has 0 aliphatic carbocycles. The highest BCUT2D eigenvalue weighted by molar-refractivity contribution is 5.60. The molecule has 0 bridgehead atoms. The summed E-state index contributed by atoms with van der Waals surface area (Å²) in [4.78, 5) is 4.22. The first-order valence-electron chi connectivity index (χ1n) is 6.34. The highest BCUT2D eigenvalue weighted by atomic mass is 16.5. The molecule has 1 aromatic carbocycles. The molecule has 1 atom stereocenters. The van der Waals surface area contributed by atoms with Crippen molar-refractivity contribution in [2.45, 2.75) is 26.8 Å². The molecule has 108 valence electrons. The van der Waals surface area contributed by atoms with Crippen molar-refractivity contribution in [2.75, 3.05) is 19.5 Å². The van der Waals surface area contributed by atoms with E-state index in [9.17, 15) is 0 Å². The largest absolute Gasteiger partial charge is 0.493 e. The van der Waals surface area contributed by atoms with Gasteiger partial charge >= 0.3 is 0 Å². The van der Waals surface area contributed by atoms with E-state index in [1.54, 1.807) is 21.1 Å². The Balaban J connectivity index is 2.24. The molecule has 0 saturated heterocycles. The van der Waals surface area contributed by atoms with Gasteiger partial charge in [0.05, 0.1) is 14.2 Å². The van der Waals surface area contributed by atoms with Gasteiger partial charge in [-0.05, 0) is 32.4 Å². The number of hydrogen-bond acceptors (Lipinski definition) is 6. The summed E-state index contributed by atoms with van der Waals surface area (Å²) in [5, 5.41) is 7.13. The van der Waals surface area contributed by atoms with Gasteiger partial charge in [-0.3, -0.25) is 0 Å². The van der Waals surface area contributed by atoms with Crippen molar-refractivity contribution in [1.29, 1.82) is 0 Å². The Morgan fingerprint density at radius 1 is 1.15 bits per heavy atom. The lowest BCUT2D eigenvalue weighted by Gasteiger charge is -2.16. The maximum Gasteiger partial charge on any atom is 0.248 e. The van der Waals surface area contributed by atoms with Gasteiger partial charge < -0.3 is 19.3 Å². The van der Waals surface area contributed by atoms with Gasteiger partial charge in [-0.2, -0.15) is 4.98 Å². The minimum Gasteiger partial charge on any atom is -0.493 e. The standard InChI is InChI=1S/C14H19N3O3/c1-8-6-12(18-4)13(19-5)7-11(8)15-9(2)14-16-10(3)17-20-14/h6-7,9,15H,1-5H3. The first-order chi connectivity index (χ1) is 9.55. The van der Waals surface area contributed by atoms with Crippen molar-refractivity contribution in [1.82, 2.24) is 10.1 Å². The van der Waals surface area contributed by atoms with Crippen molar-refractivity contribution in [3.8, 4) is 11.5 Å². The second kappa shape index (κ2) is 5.81. The van der Waals surface area contributed by atoms with E-state index >= 15 is 0 Å². The van der Waals surface area contributed by atoms with E-state index in [1.807, 2.05) is 26.0 Å². The summed E-state index contributed by atoms with van der Waals surface area (Å²) in [6, 6.07) is 3.73. The molecule has 0 radical (unpaired) electrons. The van der Waals surface area contributed by atoms with Crippen LogP contribution in [0.2, 0.25) is 0 Å². The van der Waals surface area contributed by atoms with Crippen LogP contribution in [0.3, 0.4) is 0 Å². The van der Waals surface area contributed by atoms with Crippen LogP contribution < -0.4 is 14.8 Å². The summed E-state index contributed by atoms with van der Waals surface area (Å²) in [6.45, 7) is 5.75. The van der Waals surface area contributed by atoms with E-state index in [1.165, 1.54) is 0 Å². The van der Waals surface area contributed by atoms with Crippen molar-refractivity contribution in [3.05, 3.63) is 29.4 Å². The van der Waals surface area contributed by atoms with Crippen molar-refractivity contribution in [3.63, 3.8) is 0 Å². The summed E-state index contributed by atoms with van der Waals surface area (Å²) in [5.41, 5.74) is 1.98. The highest BCUT2D eigenvalue weighted by Crippen LogP contribution is 2.34. The third kappa shape index (κ3) is 2.84. The minimum atomic E-state index is -0.0898. The average Bonchev–Trinajstić information content (AvgIpc) is 2.87. The van der Waals surface area contributed by atoms with Gasteiger partial charge in [0.25, 0.3) is 0 Å². The number of aryl methyl sites for hydroxylation is 2. The summed E-state index contributed by atoms with van der Waals surface area (Å²) < 4.78 is 15.7. The van der Waals surface area contributed by atoms with Gasteiger partial charge in [0, 0.05) is 11.8 Å². The molecule has 0 aliphatic heterocycles. The summed E-state index contributed by atoms with van der Waals surface area (Å²) >= 11 is 0. The third-order valence-corrected chi connectivity index (χ3v) is 3.02. The second-order valence-electron chi connectivity index (χ2n) is 4.57. The summed E-state index contributed by atoms with van der Waals surface area (Å²) in [7, 11) is 3.23. The lowest BCUT2D eigenvalue weighted by atomic mass is 10.1. The molecule has 6 heteroatoms. The molecule has 1 aromatic heterocycles. The van der Waals surface area contributed by atoms with Crippen molar-refractivity contribution < 1.29 is 14.0 Å². The Morgan fingerprint density at radius 3 is 2.35 bits per heavy atom. The topological polar surface area (TPSA) is 69.4 Å². The Hall–Kier alpha value is -2.24. The molecule has 0 spiro atoms. The zero-order valence-corrected chi connectivity index (χ0v) is 12.4. The number of aromatic nitrogens is 2. The normalized spacial score (nSPS) is 12.1. The van der Waals surface area contributed by atoms with E-state index in [-0.39, 0.29) is 6.04 Å². The number of ether oxygens (including phenoxy) is 2. The maximum absolute atomic E-state index is 5.31. The first-order valence-corrected chi connectivity index (χ1v) is 6.34. The van der Waals surface area contributed by atoms with Crippen LogP contribution in [0, 0.1) is 13.8 Å². The molecule has 6 nitrogen and oxygen atoms in total. The molecule has 1 unspecified atom stereocenters. The van der Waals surface area contributed by atoms with Crippen LogP contribution >= 0.6 is 0 Å². The van der Waals surface area contributed by atoms with Gasteiger partial charge in [-0.15, -0.1) is 0 Å².